The molecule has 1 fully saturated rings. The van der Waals surface area contributed by atoms with Crippen LogP contribution in [0.3, 0.4) is 0 Å². The summed E-state index contributed by atoms with van der Waals surface area (Å²) in [7, 11) is 3.35. The molecule has 0 aromatic heterocycles. The molecule has 0 atom stereocenters. The summed E-state index contributed by atoms with van der Waals surface area (Å²) < 4.78 is 5.36. The van der Waals surface area contributed by atoms with Crippen molar-refractivity contribution in [3.8, 4) is 5.75 Å². The normalized spacial score (nSPS) is 13.9. The molecule has 0 bridgehead atoms. The van der Waals surface area contributed by atoms with E-state index in [2.05, 4.69) is 39.5 Å². The van der Waals surface area contributed by atoms with Gasteiger partial charge >= 0.3 is 0 Å². The number of aliphatic imine (C=N–C) groups is 1. The van der Waals surface area contributed by atoms with Crippen LogP contribution in [0.4, 0.5) is 5.69 Å². The Balaban J connectivity index is 0.00000363. The third kappa shape index (κ3) is 7.01. The lowest BCUT2D eigenvalue weighted by atomic mass is 10.1. The molecule has 8 heteroatoms. The van der Waals surface area contributed by atoms with Gasteiger partial charge in [-0.2, -0.15) is 0 Å². The Morgan fingerprint density at radius 1 is 1.09 bits per heavy atom. The predicted octanol–water partition coefficient (Wildman–Crippen LogP) is 3.00. The van der Waals surface area contributed by atoms with Crippen molar-refractivity contribution in [2.24, 2.45) is 4.99 Å². The zero-order valence-electron chi connectivity index (χ0n) is 19.1. The highest BCUT2D eigenvalue weighted by Crippen LogP contribution is 2.22. The van der Waals surface area contributed by atoms with Crippen molar-refractivity contribution in [3.63, 3.8) is 0 Å². The van der Waals surface area contributed by atoms with Crippen LogP contribution < -0.4 is 20.3 Å². The lowest BCUT2D eigenvalue weighted by Crippen LogP contribution is -2.52. The van der Waals surface area contributed by atoms with Gasteiger partial charge in [0.1, 0.15) is 5.75 Å². The Labute approximate surface area is 208 Å². The Hall–Kier alpha value is -2.49. The lowest BCUT2D eigenvalue weighted by Gasteiger charge is -2.37. The molecule has 174 valence electrons. The monoisotopic (exact) mass is 551 g/mol. The zero-order chi connectivity index (χ0) is 22.1. The van der Waals surface area contributed by atoms with E-state index in [1.807, 2.05) is 36.4 Å². The van der Waals surface area contributed by atoms with Gasteiger partial charge in [-0.15, -0.1) is 24.0 Å². The molecule has 32 heavy (non-hydrogen) atoms. The number of carbonyl (C=O) groups excluding carboxylic acids is 1. The number of hydrogen-bond donors (Lipinski definition) is 2. The average Bonchev–Trinajstić information content (AvgIpc) is 2.83. The van der Waals surface area contributed by atoms with Gasteiger partial charge < -0.3 is 25.2 Å². The maximum atomic E-state index is 11.8. The van der Waals surface area contributed by atoms with Gasteiger partial charge in [-0.25, -0.2) is 0 Å². The van der Waals surface area contributed by atoms with E-state index in [1.165, 1.54) is 5.69 Å². The van der Waals surface area contributed by atoms with E-state index >= 15 is 0 Å². The van der Waals surface area contributed by atoms with Crippen LogP contribution in [0.5, 0.6) is 5.75 Å². The number of rotatable bonds is 7. The molecule has 0 spiro atoms. The lowest BCUT2D eigenvalue weighted by molar-refractivity contribution is 0.0963. The molecule has 1 saturated heterocycles. The molecule has 1 heterocycles. The van der Waals surface area contributed by atoms with Crippen LogP contribution in [-0.4, -0.2) is 70.2 Å². The summed E-state index contributed by atoms with van der Waals surface area (Å²) in [4.78, 5) is 21.4. The maximum absolute atomic E-state index is 11.8. The molecular formula is C24H34IN5O2. The molecule has 1 aliphatic heterocycles. The van der Waals surface area contributed by atoms with E-state index in [1.54, 1.807) is 14.2 Å². The number of guanidine groups is 1. The molecule has 2 N–H and O–H groups in total. The van der Waals surface area contributed by atoms with Crippen LogP contribution in [-0.2, 0) is 6.42 Å². The van der Waals surface area contributed by atoms with Crippen LogP contribution in [0.15, 0.2) is 53.5 Å². The van der Waals surface area contributed by atoms with Crippen molar-refractivity contribution in [1.82, 2.24) is 15.5 Å². The Bertz CT molecular complexity index is 897. The van der Waals surface area contributed by atoms with Crippen molar-refractivity contribution in [2.45, 2.75) is 13.3 Å². The third-order valence-electron chi connectivity index (χ3n) is 5.41. The number of anilines is 1. The van der Waals surface area contributed by atoms with E-state index in [4.69, 9.17) is 9.73 Å². The first-order chi connectivity index (χ1) is 15.1. The quantitative estimate of drug-likeness (QED) is 0.315. The Morgan fingerprint density at radius 3 is 2.53 bits per heavy atom. The number of nitrogens with one attached hydrogen (secondary N) is 2. The molecule has 3 rings (SSSR count). The standard InChI is InChI=1S/C24H33N5O2.HI/c1-4-26-24(27-12-11-19-7-5-8-20(17-19)23(30)25-2)29-15-13-28(14-16-29)21-9-6-10-22(18-21)31-3;/h5-10,17-18H,4,11-16H2,1-3H3,(H,25,30)(H,26,27);1H. The van der Waals surface area contributed by atoms with E-state index in [9.17, 15) is 4.79 Å². The predicted molar refractivity (Wildman–Crippen MR) is 142 cm³/mol. The van der Waals surface area contributed by atoms with Crippen molar-refractivity contribution >= 4 is 41.5 Å². The summed E-state index contributed by atoms with van der Waals surface area (Å²) in [6.45, 7) is 7.30. The van der Waals surface area contributed by atoms with Crippen LogP contribution in [0.2, 0.25) is 0 Å². The first kappa shape index (κ1) is 25.8. The van der Waals surface area contributed by atoms with Gasteiger partial charge in [0.15, 0.2) is 5.96 Å². The SMILES string of the molecule is CCNC(=NCCc1cccc(C(=O)NC)c1)N1CCN(c2cccc(OC)c2)CC1.I. The van der Waals surface area contributed by atoms with Crippen molar-refractivity contribution in [3.05, 3.63) is 59.7 Å². The smallest absolute Gasteiger partial charge is 0.251 e. The second-order valence-corrected chi connectivity index (χ2v) is 7.44. The Morgan fingerprint density at radius 2 is 1.84 bits per heavy atom. The molecule has 0 saturated carbocycles. The van der Waals surface area contributed by atoms with Crippen molar-refractivity contribution in [1.29, 1.82) is 0 Å². The fraction of sp³-hybridized carbons (Fsp3) is 0.417. The molecular weight excluding hydrogens is 517 g/mol. The summed E-state index contributed by atoms with van der Waals surface area (Å²) in [5, 5.41) is 6.09. The number of nitrogens with zero attached hydrogens (tertiary/aromatic N) is 3. The van der Waals surface area contributed by atoms with Crippen LogP contribution in [0, 0.1) is 0 Å². The Kier molecular flexibility index (Phi) is 10.6. The molecule has 7 nitrogen and oxygen atoms in total. The highest BCUT2D eigenvalue weighted by Gasteiger charge is 2.20. The minimum absolute atomic E-state index is 0. The van der Waals surface area contributed by atoms with Gasteiger partial charge in [0.25, 0.3) is 5.91 Å². The number of hydrogen-bond acceptors (Lipinski definition) is 4. The topological polar surface area (TPSA) is 69.2 Å². The molecule has 0 aliphatic carbocycles. The largest absolute Gasteiger partial charge is 0.497 e. The highest BCUT2D eigenvalue weighted by molar-refractivity contribution is 14.0. The van der Waals surface area contributed by atoms with Crippen LogP contribution in [0.1, 0.15) is 22.8 Å². The average molecular weight is 551 g/mol. The maximum Gasteiger partial charge on any atom is 0.251 e. The van der Waals surface area contributed by atoms with Crippen molar-refractivity contribution < 1.29 is 9.53 Å². The second kappa shape index (κ2) is 13.1. The van der Waals surface area contributed by atoms with Crippen LogP contribution in [0.25, 0.3) is 0 Å². The highest BCUT2D eigenvalue weighted by atomic mass is 127. The number of halogens is 1. The van der Waals surface area contributed by atoms with Gasteiger partial charge in [-0.1, -0.05) is 18.2 Å². The van der Waals surface area contributed by atoms with E-state index in [0.717, 1.165) is 56.4 Å². The minimum Gasteiger partial charge on any atom is -0.497 e. The summed E-state index contributed by atoms with van der Waals surface area (Å²) >= 11 is 0. The van der Waals surface area contributed by atoms with Gasteiger partial charge in [0.05, 0.1) is 7.11 Å². The summed E-state index contributed by atoms with van der Waals surface area (Å²) in [6.07, 6.45) is 0.795. The fourth-order valence-electron chi connectivity index (χ4n) is 3.71. The third-order valence-corrected chi connectivity index (χ3v) is 5.41. The van der Waals surface area contributed by atoms with Gasteiger partial charge in [-0.05, 0) is 43.2 Å². The summed E-state index contributed by atoms with van der Waals surface area (Å²) in [6, 6.07) is 16.0. The number of piperazine rings is 1. The minimum atomic E-state index is -0.0624. The van der Waals surface area contributed by atoms with Crippen LogP contribution >= 0.6 is 24.0 Å². The molecule has 1 amide bonds. The second-order valence-electron chi connectivity index (χ2n) is 7.44. The summed E-state index contributed by atoms with van der Waals surface area (Å²) in [5.41, 5.74) is 2.99. The zero-order valence-corrected chi connectivity index (χ0v) is 21.5. The number of carbonyl (C=O) groups is 1. The van der Waals surface area contributed by atoms with Gasteiger partial charge in [-0.3, -0.25) is 9.79 Å². The molecule has 1 aliphatic rings. The molecule has 2 aromatic rings. The summed E-state index contributed by atoms with van der Waals surface area (Å²) in [5.74, 6) is 1.78. The molecule has 2 aromatic carbocycles. The van der Waals surface area contributed by atoms with Gasteiger partial charge in [0.2, 0.25) is 0 Å². The number of ether oxygens (including phenoxy) is 1. The number of benzene rings is 2. The van der Waals surface area contributed by atoms with Gasteiger partial charge in [0, 0.05) is 63.6 Å². The fourth-order valence-corrected chi connectivity index (χ4v) is 3.71. The number of methoxy groups -OCH3 is 1. The molecule has 0 unspecified atom stereocenters. The molecule has 0 radical (unpaired) electrons. The van der Waals surface area contributed by atoms with Crippen molar-refractivity contribution in [2.75, 3.05) is 58.3 Å². The first-order valence-corrected chi connectivity index (χ1v) is 10.9. The van der Waals surface area contributed by atoms with E-state index < -0.39 is 0 Å². The van der Waals surface area contributed by atoms with E-state index in [-0.39, 0.29) is 29.9 Å². The first-order valence-electron chi connectivity index (χ1n) is 10.9. The van der Waals surface area contributed by atoms with E-state index in [0.29, 0.717) is 12.1 Å². The number of amides is 1.